The number of nitrogens with zero attached hydrogens (tertiary/aromatic N) is 2. The molecule has 1 aromatic carbocycles. The maximum atomic E-state index is 12.7. The van der Waals surface area contributed by atoms with Gasteiger partial charge in [0.05, 0.1) is 11.1 Å². The molecule has 1 amide bonds. The van der Waals surface area contributed by atoms with Crippen molar-refractivity contribution in [2.45, 2.75) is 45.1 Å². The Morgan fingerprint density at radius 1 is 1.07 bits per heavy atom. The molecule has 0 unspecified atom stereocenters. The van der Waals surface area contributed by atoms with Gasteiger partial charge < -0.3 is 5.32 Å². The van der Waals surface area contributed by atoms with Crippen LogP contribution in [0.15, 0.2) is 35.3 Å². The number of benzene rings is 1. The smallest absolute Gasteiger partial charge is 0.309 e. The number of guanidine groups is 1. The van der Waals surface area contributed by atoms with Crippen molar-refractivity contribution in [3.8, 4) is 0 Å². The molecule has 1 aromatic heterocycles. The fraction of sp³-hybridized carbons (Fsp3) is 0.389. The van der Waals surface area contributed by atoms with Crippen LogP contribution in [0.5, 0.6) is 0 Å². The van der Waals surface area contributed by atoms with Crippen molar-refractivity contribution in [2.75, 3.05) is 5.32 Å². The van der Waals surface area contributed by atoms with Crippen LogP contribution < -0.4 is 10.6 Å². The summed E-state index contributed by atoms with van der Waals surface area (Å²) in [5.74, 6) is -1.25. The average molecular weight is 435 g/mol. The van der Waals surface area contributed by atoms with Gasteiger partial charge in [-0.3, -0.25) is 15.2 Å². The van der Waals surface area contributed by atoms with E-state index in [-0.39, 0.29) is 17.3 Å². The van der Waals surface area contributed by atoms with Crippen LogP contribution in [-0.2, 0) is 12.4 Å². The summed E-state index contributed by atoms with van der Waals surface area (Å²) in [5.41, 5.74) is -2.81. The van der Waals surface area contributed by atoms with Gasteiger partial charge in [0.2, 0.25) is 5.96 Å². The Morgan fingerprint density at radius 3 is 2.13 bits per heavy atom. The first-order valence-electron chi connectivity index (χ1n) is 8.69. The molecule has 0 atom stereocenters. The fourth-order valence-electron chi connectivity index (χ4n) is 2.11. The highest BCUT2D eigenvalue weighted by molar-refractivity contribution is 6.09. The Balaban J connectivity index is 2.25. The van der Waals surface area contributed by atoms with Gasteiger partial charge in [0.1, 0.15) is 5.69 Å². The molecule has 30 heavy (non-hydrogen) atoms. The van der Waals surface area contributed by atoms with E-state index in [1.165, 1.54) is 0 Å². The first kappa shape index (κ1) is 23.2. The van der Waals surface area contributed by atoms with E-state index in [9.17, 15) is 31.1 Å². The Bertz CT molecular complexity index is 912. The lowest BCUT2D eigenvalue weighted by Gasteiger charge is -2.20. The molecule has 2 aromatic rings. The van der Waals surface area contributed by atoms with Crippen LogP contribution in [0.1, 0.15) is 48.8 Å². The number of carbonyl (C=O) groups excluding carboxylic acids is 1. The molecule has 0 bridgehead atoms. The molecule has 0 fully saturated rings. The lowest BCUT2D eigenvalue weighted by Crippen LogP contribution is -2.38. The maximum absolute atomic E-state index is 12.7. The Hall–Kier alpha value is -3.05. The molecule has 0 spiro atoms. The van der Waals surface area contributed by atoms with Crippen molar-refractivity contribution in [1.82, 2.24) is 15.5 Å². The van der Waals surface area contributed by atoms with E-state index >= 15 is 0 Å². The number of nitrogens with one attached hydrogen (secondary N) is 3. The van der Waals surface area contributed by atoms with Crippen molar-refractivity contribution in [3.05, 3.63) is 47.2 Å². The minimum atomic E-state index is -4.64. The van der Waals surface area contributed by atoms with Gasteiger partial charge in [-0.15, -0.1) is 0 Å². The molecule has 0 saturated carbocycles. The standard InChI is InChI=1S/C18H19F6N5O/c1-4-16(2,3)27-15(25-13-9-12(28-29-13)18(22,23)24)26-14(30)10-5-7-11(8-6-10)17(19,20)21/h5-9H,4H2,1-3H3,(H3,25,26,27,28,29,30). The van der Waals surface area contributed by atoms with Crippen molar-refractivity contribution < 1.29 is 31.1 Å². The highest BCUT2D eigenvalue weighted by Gasteiger charge is 2.33. The molecular weight excluding hydrogens is 416 g/mol. The lowest BCUT2D eigenvalue weighted by molar-refractivity contribution is -0.141. The Morgan fingerprint density at radius 2 is 1.67 bits per heavy atom. The summed E-state index contributed by atoms with van der Waals surface area (Å²) < 4.78 is 76.2. The van der Waals surface area contributed by atoms with E-state index in [2.05, 4.69) is 20.7 Å². The zero-order valence-electron chi connectivity index (χ0n) is 16.2. The minimum absolute atomic E-state index is 0.0928. The average Bonchev–Trinajstić information content (AvgIpc) is 3.09. The van der Waals surface area contributed by atoms with Crippen LogP contribution in [0, 0.1) is 0 Å². The van der Waals surface area contributed by atoms with E-state index in [1.807, 2.05) is 12.0 Å². The molecule has 0 aliphatic rings. The number of amides is 1. The molecule has 164 valence electrons. The summed E-state index contributed by atoms with van der Waals surface area (Å²) in [7, 11) is 0. The van der Waals surface area contributed by atoms with Crippen molar-refractivity contribution in [3.63, 3.8) is 0 Å². The summed E-state index contributed by atoms with van der Waals surface area (Å²) >= 11 is 0. The first-order chi connectivity index (χ1) is 13.7. The van der Waals surface area contributed by atoms with Crippen molar-refractivity contribution >= 4 is 17.7 Å². The zero-order chi connectivity index (χ0) is 22.7. The first-order valence-corrected chi connectivity index (χ1v) is 8.69. The molecule has 1 heterocycles. The quantitative estimate of drug-likeness (QED) is 0.365. The molecule has 6 nitrogen and oxygen atoms in total. The third-order valence-electron chi connectivity index (χ3n) is 4.12. The molecule has 2 rings (SSSR count). The van der Waals surface area contributed by atoms with Gasteiger partial charge in [-0.2, -0.15) is 31.4 Å². The summed E-state index contributed by atoms with van der Waals surface area (Å²) in [4.78, 5) is 16.7. The second-order valence-corrected chi connectivity index (χ2v) is 6.95. The number of hydrogen-bond donors (Lipinski definition) is 3. The second-order valence-electron chi connectivity index (χ2n) is 6.95. The monoisotopic (exact) mass is 435 g/mol. The van der Waals surface area contributed by atoms with E-state index in [0.29, 0.717) is 12.5 Å². The van der Waals surface area contributed by atoms with E-state index in [0.717, 1.165) is 24.3 Å². The van der Waals surface area contributed by atoms with Crippen LogP contribution >= 0.6 is 0 Å². The van der Waals surface area contributed by atoms with Crippen LogP contribution in [-0.4, -0.2) is 27.6 Å². The number of hydrogen-bond acceptors (Lipinski definition) is 3. The Kier molecular flexibility index (Phi) is 6.48. The van der Waals surface area contributed by atoms with Gasteiger partial charge in [-0.25, -0.2) is 4.99 Å². The number of anilines is 1. The summed E-state index contributed by atoms with van der Waals surface area (Å²) in [6, 6.07) is 4.16. The number of aromatic amines is 1. The number of aromatic nitrogens is 2. The van der Waals surface area contributed by atoms with E-state index in [1.54, 1.807) is 13.8 Å². The zero-order valence-corrected chi connectivity index (χ0v) is 16.2. The minimum Gasteiger partial charge on any atom is -0.309 e. The summed E-state index contributed by atoms with van der Waals surface area (Å²) in [5, 5.41) is 10.2. The maximum Gasteiger partial charge on any atom is 0.432 e. The van der Waals surface area contributed by atoms with Gasteiger partial charge in [-0.1, -0.05) is 6.92 Å². The number of H-pyrrole nitrogens is 1. The van der Waals surface area contributed by atoms with Gasteiger partial charge >= 0.3 is 12.4 Å². The number of rotatable bonds is 4. The molecule has 0 radical (unpaired) electrons. The highest BCUT2D eigenvalue weighted by atomic mass is 19.4. The molecular formula is C18H19F6N5O. The van der Waals surface area contributed by atoms with Crippen molar-refractivity contribution in [1.29, 1.82) is 0 Å². The van der Waals surface area contributed by atoms with Gasteiger partial charge in [-0.05, 0) is 44.5 Å². The van der Waals surface area contributed by atoms with Crippen molar-refractivity contribution in [2.24, 2.45) is 4.99 Å². The van der Waals surface area contributed by atoms with Crippen LogP contribution in [0.2, 0.25) is 0 Å². The van der Waals surface area contributed by atoms with Crippen LogP contribution in [0.25, 0.3) is 0 Å². The van der Waals surface area contributed by atoms with Gasteiger partial charge in [0.15, 0.2) is 5.82 Å². The number of alkyl halides is 6. The van der Waals surface area contributed by atoms with Gasteiger partial charge in [0, 0.05) is 11.6 Å². The molecule has 0 aliphatic heterocycles. The van der Waals surface area contributed by atoms with E-state index < -0.39 is 35.1 Å². The summed E-state index contributed by atoms with van der Waals surface area (Å²) in [6.07, 6.45) is -8.66. The summed E-state index contributed by atoms with van der Waals surface area (Å²) in [6.45, 7) is 5.27. The second kappa shape index (κ2) is 8.36. The predicted molar refractivity (Wildman–Crippen MR) is 97.9 cm³/mol. The lowest BCUT2D eigenvalue weighted by atomic mass is 10.0. The largest absolute Gasteiger partial charge is 0.432 e. The van der Waals surface area contributed by atoms with E-state index in [4.69, 9.17) is 0 Å². The Labute approximate surface area is 167 Å². The fourth-order valence-corrected chi connectivity index (χ4v) is 2.11. The topological polar surface area (TPSA) is 82.2 Å². The normalized spacial score (nSPS) is 13.3. The van der Waals surface area contributed by atoms with Crippen LogP contribution in [0.4, 0.5) is 32.2 Å². The number of halogens is 6. The van der Waals surface area contributed by atoms with Gasteiger partial charge in [0.25, 0.3) is 5.91 Å². The van der Waals surface area contributed by atoms with Crippen LogP contribution in [0.3, 0.4) is 0 Å². The SMILES string of the molecule is CCC(C)(C)N=C(NC(=O)c1ccc(C(F)(F)F)cc1)Nc1cc(C(F)(F)F)[nH]n1. The molecule has 12 heteroatoms. The molecule has 0 saturated heterocycles. The third kappa shape index (κ3) is 6.22. The third-order valence-corrected chi connectivity index (χ3v) is 4.12. The predicted octanol–water partition coefficient (Wildman–Crippen LogP) is 4.83. The number of carbonyl (C=O) groups is 1. The highest BCUT2D eigenvalue weighted by Crippen LogP contribution is 2.30. The number of aliphatic imine (C=N–C) groups is 1. The molecule has 0 aliphatic carbocycles. The molecule has 3 N–H and O–H groups in total.